The predicted molar refractivity (Wildman–Crippen MR) is 129 cm³/mol. The van der Waals surface area contributed by atoms with Gasteiger partial charge in [0.05, 0.1) is 6.04 Å². The Morgan fingerprint density at radius 1 is 0.853 bits per heavy atom. The molecular formula is C21H42N8O5. The van der Waals surface area contributed by atoms with Gasteiger partial charge in [-0.15, -0.1) is 0 Å². The van der Waals surface area contributed by atoms with Crippen molar-refractivity contribution in [1.29, 1.82) is 0 Å². The summed E-state index contributed by atoms with van der Waals surface area (Å²) in [6.07, 6.45) is 2.50. The summed E-state index contributed by atoms with van der Waals surface area (Å²) in [6, 6.07) is -3.87. The number of guanidine groups is 1. The average molecular weight is 487 g/mol. The van der Waals surface area contributed by atoms with E-state index in [1.54, 1.807) is 0 Å². The van der Waals surface area contributed by atoms with E-state index >= 15 is 0 Å². The first-order valence-corrected chi connectivity index (χ1v) is 11.5. The van der Waals surface area contributed by atoms with Gasteiger partial charge >= 0.3 is 5.97 Å². The van der Waals surface area contributed by atoms with Crippen molar-refractivity contribution in [3.8, 4) is 0 Å². The first kappa shape index (κ1) is 31.1. The molecule has 4 unspecified atom stereocenters. The second kappa shape index (κ2) is 16.6. The molecule has 0 aliphatic rings. The normalized spacial score (nSPS) is 14.4. The quantitative estimate of drug-likeness (QED) is 0.0649. The number of carbonyl (C=O) groups excluding carboxylic acids is 3. The number of aliphatic carboxylic acids is 1. The Bertz CT molecular complexity index is 697. The van der Waals surface area contributed by atoms with Gasteiger partial charge in [0.15, 0.2) is 5.96 Å². The third-order valence-corrected chi connectivity index (χ3v) is 4.96. The summed E-state index contributed by atoms with van der Waals surface area (Å²) in [4.78, 5) is 53.0. The fraction of sp³-hybridized carbons (Fsp3) is 0.762. The van der Waals surface area contributed by atoms with Crippen molar-refractivity contribution in [2.45, 2.75) is 83.5 Å². The zero-order valence-electron chi connectivity index (χ0n) is 20.4. The van der Waals surface area contributed by atoms with E-state index in [2.05, 4.69) is 20.9 Å². The Kier molecular flexibility index (Phi) is 15.2. The van der Waals surface area contributed by atoms with Gasteiger partial charge in [0.1, 0.15) is 18.1 Å². The molecule has 0 aliphatic carbocycles. The molecule has 4 atom stereocenters. The van der Waals surface area contributed by atoms with Crippen molar-refractivity contribution in [3.05, 3.63) is 0 Å². The largest absolute Gasteiger partial charge is 0.480 e. The number of carboxylic acid groups (broad SMARTS) is 1. The molecule has 12 N–H and O–H groups in total. The van der Waals surface area contributed by atoms with Crippen LogP contribution in [0.3, 0.4) is 0 Å². The van der Waals surface area contributed by atoms with E-state index in [1.807, 2.05) is 13.8 Å². The van der Waals surface area contributed by atoms with Crippen LogP contribution in [0, 0.1) is 5.92 Å². The van der Waals surface area contributed by atoms with Gasteiger partial charge in [-0.2, -0.15) is 0 Å². The standard InChI is InChI=1S/C21H42N8O5/c1-12(2)11-16(20(33)34)29-19(32)15(8-4-5-9-22)28-17(30)13(3)27-18(31)14(23)7-6-10-26-21(24)25/h12-16H,4-11,22-23H2,1-3H3,(H,27,31)(H,28,30)(H,29,32)(H,33,34)(H4,24,25,26). The fourth-order valence-electron chi connectivity index (χ4n) is 3.06. The summed E-state index contributed by atoms with van der Waals surface area (Å²) in [6.45, 7) is 5.90. The molecule has 0 aromatic rings. The summed E-state index contributed by atoms with van der Waals surface area (Å²) in [7, 11) is 0. The zero-order valence-corrected chi connectivity index (χ0v) is 20.4. The maximum Gasteiger partial charge on any atom is 0.326 e. The molecular weight excluding hydrogens is 444 g/mol. The average Bonchev–Trinajstić information content (AvgIpc) is 2.74. The SMILES string of the molecule is CC(C)CC(NC(=O)C(CCCCN)NC(=O)C(C)NC(=O)C(N)CCCN=C(N)N)C(=O)O. The van der Waals surface area contributed by atoms with Crippen LogP contribution in [0.4, 0.5) is 0 Å². The van der Waals surface area contributed by atoms with E-state index < -0.39 is 47.9 Å². The molecule has 0 aliphatic heterocycles. The molecule has 0 rings (SSSR count). The van der Waals surface area contributed by atoms with Gasteiger partial charge in [-0.25, -0.2) is 4.79 Å². The zero-order chi connectivity index (χ0) is 26.3. The van der Waals surface area contributed by atoms with Crippen molar-refractivity contribution >= 4 is 29.7 Å². The van der Waals surface area contributed by atoms with E-state index in [-0.39, 0.29) is 24.7 Å². The maximum absolute atomic E-state index is 12.8. The second-order valence-corrected chi connectivity index (χ2v) is 8.66. The minimum Gasteiger partial charge on any atom is -0.480 e. The number of unbranched alkanes of at least 4 members (excludes halogenated alkanes) is 1. The highest BCUT2D eigenvalue weighted by Crippen LogP contribution is 2.08. The van der Waals surface area contributed by atoms with Crippen LogP contribution >= 0.6 is 0 Å². The minimum absolute atomic E-state index is 0.0468. The van der Waals surface area contributed by atoms with E-state index in [4.69, 9.17) is 22.9 Å². The molecule has 34 heavy (non-hydrogen) atoms. The van der Waals surface area contributed by atoms with Crippen LogP contribution < -0.4 is 38.9 Å². The highest BCUT2D eigenvalue weighted by atomic mass is 16.4. The summed E-state index contributed by atoms with van der Waals surface area (Å²) < 4.78 is 0. The molecule has 196 valence electrons. The second-order valence-electron chi connectivity index (χ2n) is 8.66. The van der Waals surface area contributed by atoms with Crippen molar-refractivity contribution in [1.82, 2.24) is 16.0 Å². The van der Waals surface area contributed by atoms with Crippen molar-refractivity contribution < 1.29 is 24.3 Å². The smallest absolute Gasteiger partial charge is 0.326 e. The lowest BCUT2D eigenvalue weighted by Crippen LogP contribution is -2.56. The molecule has 0 aromatic carbocycles. The Balaban J connectivity index is 5.01. The molecule has 13 heteroatoms. The molecule has 0 spiro atoms. The van der Waals surface area contributed by atoms with E-state index in [0.29, 0.717) is 38.8 Å². The van der Waals surface area contributed by atoms with Crippen LogP contribution in [0.25, 0.3) is 0 Å². The van der Waals surface area contributed by atoms with Gasteiger partial charge < -0.3 is 44.0 Å². The van der Waals surface area contributed by atoms with Gasteiger partial charge in [-0.3, -0.25) is 19.4 Å². The number of aliphatic imine (C=N–C) groups is 1. The first-order chi connectivity index (χ1) is 15.9. The number of amides is 3. The van der Waals surface area contributed by atoms with Gasteiger partial charge in [0.2, 0.25) is 17.7 Å². The number of rotatable bonds is 17. The Hall–Kier alpha value is -2.93. The molecule has 0 bridgehead atoms. The molecule has 0 fully saturated rings. The Labute approximate surface area is 200 Å². The van der Waals surface area contributed by atoms with Crippen LogP contribution in [0.1, 0.15) is 59.3 Å². The third-order valence-electron chi connectivity index (χ3n) is 4.96. The van der Waals surface area contributed by atoms with Gasteiger partial charge in [-0.05, 0) is 57.9 Å². The number of hydrogen-bond acceptors (Lipinski definition) is 7. The molecule has 13 nitrogen and oxygen atoms in total. The Morgan fingerprint density at radius 2 is 1.47 bits per heavy atom. The molecule has 0 saturated carbocycles. The van der Waals surface area contributed by atoms with Crippen molar-refractivity contribution in [3.63, 3.8) is 0 Å². The summed E-state index contributed by atoms with van der Waals surface area (Å²) in [5, 5.41) is 17.0. The number of nitrogens with two attached hydrogens (primary N) is 4. The fourth-order valence-corrected chi connectivity index (χ4v) is 3.06. The van der Waals surface area contributed by atoms with Gasteiger partial charge in [0.25, 0.3) is 0 Å². The number of carbonyl (C=O) groups is 4. The third kappa shape index (κ3) is 13.6. The van der Waals surface area contributed by atoms with Crippen LogP contribution in [-0.4, -0.2) is 72.0 Å². The lowest BCUT2D eigenvalue weighted by atomic mass is 10.0. The van der Waals surface area contributed by atoms with Crippen LogP contribution in [-0.2, 0) is 19.2 Å². The highest BCUT2D eigenvalue weighted by molar-refractivity contribution is 5.93. The summed E-state index contributed by atoms with van der Waals surface area (Å²) in [5.74, 6) is -2.88. The molecule has 0 aromatic heterocycles. The van der Waals surface area contributed by atoms with Gasteiger partial charge in [0, 0.05) is 6.54 Å². The molecule has 3 amide bonds. The first-order valence-electron chi connectivity index (χ1n) is 11.5. The van der Waals surface area contributed by atoms with Crippen LogP contribution in [0.2, 0.25) is 0 Å². The molecule has 0 radical (unpaired) electrons. The summed E-state index contributed by atoms with van der Waals surface area (Å²) >= 11 is 0. The number of carboxylic acids is 1. The highest BCUT2D eigenvalue weighted by Gasteiger charge is 2.28. The van der Waals surface area contributed by atoms with E-state index in [0.717, 1.165) is 0 Å². The molecule has 0 saturated heterocycles. The number of nitrogens with zero attached hydrogens (tertiary/aromatic N) is 1. The topological polar surface area (TPSA) is 241 Å². The minimum atomic E-state index is -1.15. The van der Waals surface area contributed by atoms with E-state index in [1.165, 1.54) is 6.92 Å². The monoisotopic (exact) mass is 486 g/mol. The van der Waals surface area contributed by atoms with Crippen molar-refractivity contribution in [2.24, 2.45) is 33.8 Å². The van der Waals surface area contributed by atoms with Gasteiger partial charge in [-0.1, -0.05) is 13.8 Å². The molecule has 0 heterocycles. The van der Waals surface area contributed by atoms with Crippen molar-refractivity contribution in [2.75, 3.05) is 13.1 Å². The predicted octanol–water partition coefficient (Wildman–Crippen LogP) is -1.90. The maximum atomic E-state index is 12.8. The van der Waals surface area contributed by atoms with Crippen LogP contribution in [0.15, 0.2) is 4.99 Å². The Morgan fingerprint density at radius 3 is 2.00 bits per heavy atom. The lowest BCUT2D eigenvalue weighted by Gasteiger charge is -2.24. The lowest BCUT2D eigenvalue weighted by molar-refractivity contribution is -0.142. The van der Waals surface area contributed by atoms with Crippen LogP contribution in [0.5, 0.6) is 0 Å². The number of nitrogens with one attached hydrogen (secondary N) is 3. The van der Waals surface area contributed by atoms with E-state index in [9.17, 15) is 24.3 Å². The summed E-state index contributed by atoms with van der Waals surface area (Å²) in [5.41, 5.74) is 21.8. The number of hydrogen-bond donors (Lipinski definition) is 8.